The molecule has 0 atom stereocenters. The molecule has 0 fully saturated rings. The molecule has 2 rings (SSSR count). The van der Waals surface area contributed by atoms with E-state index in [0.29, 0.717) is 12.1 Å². The van der Waals surface area contributed by atoms with E-state index in [-0.39, 0.29) is 24.6 Å². The number of amides is 1. The zero-order valence-electron chi connectivity index (χ0n) is 11.8. The summed E-state index contributed by atoms with van der Waals surface area (Å²) in [5.74, 6) is -0.328. The number of para-hydroxylation sites is 1. The molecular weight excluding hydrogens is 270 g/mol. The van der Waals surface area contributed by atoms with Crippen LogP contribution < -0.4 is 4.90 Å². The molecule has 1 heterocycles. The fourth-order valence-corrected chi connectivity index (χ4v) is 1.98. The largest absolute Gasteiger partial charge is 0.481 e. The quantitative estimate of drug-likeness (QED) is 0.886. The average Bonchev–Trinajstić information content (AvgIpc) is 2.97. The van der Waals surface area contributed by atoms with Gasteiger partial charge in [0.25, 0.3) is 5.91 Å². The number of aliphatic carboxylic acids is 1. The van der Waals surface area contributed by atoms with Crippen LogP contribution in [0.2, 0.25) is 0 Å². The van der Waals surface area contributed by atoms with Crippen molar-refractivity contribution in [3.63, 3.8) is 0 Å². The van der Waals surface area contributed by atoms with Crippen molar-refractivity contribution in [3.05, 3.63) is 54.0 Å². The highest BCUT2D eigenvalue weighted by Crippen LogP contribution is 2.19. The first-order chi connectivity index (χ1) is 10.1. The molecule has 1 amide bonds. The standard InChI is InChI=1S/C16H17NO4/c1-2-13-8-9-14(21-13)16(20)17(11-10-15(18)19)12-6-4-3-5-7-12/h3-9H,2,10-11H2,1H3,(H,18,19). The van der Waals surface area contributed by atoms with Crippen LogP contribution in [0, 0.1) is 0 Å². The third-order valence-electron chi connectivity index (χ3n) is 3.08. The number of furan rings is 1. The number of rotatable bonds is 6. The van der Waals surface area contributed by atoms with Crippen molar-refractivity contribution in [2.45, 2.75) is 19.8 Å². The third-order valence-corrected chi connectivity index (χ3v) is 3.08. The second-order valence-electron chi connectivity index (χ2n) is 4.56. The highest BCUT2D eigenvalue weighted by atomic mass is 16.4. The summed E-state index contributed by atoms with van der Waals surface area (Å²) in [5, 5.41) is 8.84. The van der Waals surface area contributed by atoms with Crippen LogP contribution in [0.15, 0.2) is 46.9 Å². The van der Waals surface area contributed by atoms with Gasteiger partial charge in [-0.15, -0.1) is 0 Å². The molecule has 5 heteroatoms. The Morgan fingerprint density at radius 1 is 1.14 bits per heavy atom. The Hall–Kier alpha value is -2.56. The van der Waals surface area contributed by atoms with E-state index >= 15 is 0 Å². The van der Waals surface area contributed by atoms with Crippen LogP contribution in [0.5, 0.6) is 0 Å². The zero-order chi connectivity index (χ0) is 15.2. The summed E-state index contributed by atoms with van der Waals surface area (Å²) in [4.78, 5) is 24.7. The molecule has 0 saturated heterocycles. The summed E-state index contributed by atoms with van der Waals surface area (Å²) in [6, 6.07) is 12.4. The Morgan fingerprint density at radius 2 is 1.86 bits per heavy atom. The van der Waals surface area contributed by atoms with E-state index in [4.69, 9.17) is 9.52 Å². The minimum absolute atomic E-state index is 0.0976. The predicted molar refractivity (Wildman–Crippen MR) is 78.5 cm³/mol. The first-order valence-electron chi connectivity index (χ1n) is 6.79. The highest BCUT2D eigenvalue weighted by Gasteiger charge is 2.21. The second kappa shape index (κ2) is 6.74. The Balaban J connectivity index is 2.25. The summed E-state index contributed by atoms with van der Waals surface area (Å²) < 4.78 is 5.47. The summed E-state index contributed by atoms with van der Waals surface area (Å²) >= 11 is 0. The lowest BCUT2D eigenvalue weighted by molar-refractivity contribution is -0.136. The molecule has 1 aromatic heterocycles. The van der Waals surface area contributed by atoms with Crippen LogP contribution in [-0.4, -0.2) is 23.5 Å². The van der Waals surface area contributed by atoms with Gasteiger partial charge in [-0.25, -0.2) is 0 Å². The van der Waals surface area contributed by atoms with Crippen molar-refractivity contribution in [2.75, 3.05) is 11.4 Å². The molecule has 0 radical (unpaired) electrons. The van der Waals surface area contributed by atoms with Crippen molar-refractivity contribution < 1.29 is 19.1 Å². The first-order valence-corrected chi connectivity index (χ1v) is 6.79. The SMILES string of the molecule is CCc1ccc(C(=O)N(CCC(=O)O)c2ccccc2)o1. The van der Waals surface area contributed by atoms with Crippen molar-refractivity contribution in [3.8, 4) is 0 Å². The summed E-state index contributed by atoms with van der Waals surface area (Å²) in [6.07, 6.45) is 0.579. The van der Waals surface area contributed by atoms with Gasteiger partial charge in [0.05, 0.1) is 6.42 Å². The smallest absolute Gasteiger partial charge is 0.305 e. The lowest BCUT2D eigenvalue weighted by atomic mass is 10.2. The Morgan fingerprint density at radius 3 is 2.43 bits per heavy atom. The minimum atomic E-state index is -0.947. The zero-order valence-corrected chi connectivity index (χ0v) is 11.8. The molecule has 0 spiro atoms. The van der Waals surface area contributed by atoms with Crippen LogP contribution in [0.4, 0.5) is 5.69 Å². The topological polar surface area (TPSA) is 70.8 Å². The maximum Gasteiger partial charge on any atom is 0.305 e. The lowest BCUT2D eigenvalue weighted by Gasteiger charge is -2.21. The molecule has 0 aliphatic rings. The average molecular weight is 287 g/mol. The minimum Gasteiger partial charge on any atom is -0.481 e. The van der Waals surface area contributed by atoms with Crippen molar-refractivity contribution in [2.24, 2.45) is 0 Å². The van der Waals surface area contributed by atoms with Crippen molar-refractivity contribution >= 4 is 17.6 Å². The van der Waals surface area contributed by atoms with Gasteiger partial charge < -0.3 is 14.4 Å². The number of hydrogen-bond donors (Lipinski definition) is 1. The van der Waals surface area contributed by atoms with Crippen LogP contribution in [0.3, 0.4) is 0 Å². The summed E-state index contributed by atoms with van der Waals surface area (Å²) in [6.45, 7) is 2.03. The summed E-state index contributed by atoms with van der Waals surface area (Å²) in [5.41, 5.74) is 0.651. The number of carbonyl (C=O) groups excluding carboxylic acids is 1. The number of hydrogen-bond acceptors (Lipinski definition) is 3. The van der Waals surface area contributed by atoms with E-state index in [1.54, 1.807) is 36.4 Å². The first kappa shape index (κ1) is 14.8. The van der Waals surface area contributed by atoms with Crippen LogP contribution in [0.1, 0.15) is 29.7 Å². The van der Waals surface area contributed by atoms with E-state index in [1.165, 1.54) is 4.90 Å². The molecule has 2 aromatic rings. The number of anilines is 1. The van der Waals surface area contributed by atoms with Gasteiger partial charge in [-0.1, -0.05) is 25.1 Å². The fraction of sp³-hybridized carbons (Fsp3) is 0.250. The van der Waals surface area contributed by atoms with Crippen LogP contribution in [-0.2, 0) is 11.2 Å². The van der Waals surface area contributed by atoms with Gasteiger partial charge in [-0.3, -0.25) is 9.59 Å². The molecule has 5 nitrogen and oxygen atoms in total. The van der Waals surface area contributed by atoms with Crippen LogP contribution >= 0.6 is 0 Å². The Bertz CT molecular complexity index is 618. The van der Waals surface area contributed by atoms with Gasteiger partial charge in [0.15, 0.2) is 5.76 Å². The van der Waals surface area contributed by atoms with E-state index in [2.05, 4.69) is 0 Å². The van der Waals surface area contributed by atoms with E-state index in [9.17, 15) is 9.59 Å². The Labute approximate surface area is 122 Å². The number of aryl methyl sites for hydroxylation is 1. The fourth-order valence-electron chi connectivity index (χ4n) is 1.98. The highest BCUT2D eigenvalue weighted by molar-refractivity contribution is 6.04. The van der Waals surface area contributed by atoms with Gasteiger partial charge in [-0.2, -0.15) is 0 Å². The lowest BCUT2D eigenvalue weighted by Crippen LogP contribution is -2.32. The monoisotopic (exact) mass is 287 g/mol. The third kappa shape index (κ3) is 3.72. The molecule has 0 bridgehead atoms. The van der Waals surface area contributed by atoms with Crippen molar-refractivity contribution in [1.29, 1.82) is 0 Å². The van der Waals surface area contributed by atoms with E-state index < -0.39 is 5.97 Å². The van der Waals surface area contributed by atoms with Gasteiger partial charge in [0.1, 0.15) is 5.76 Å². The number of carboxylic acids is 1. The maximum absolute atomic E-state index is 12.5. The van der Waals surface area contributed by atoms with E-state index in [1.807, 2.05) is 13.0 Å². The Kier molecular flexibility index (Phi) is 4.77. The van der Waals surface area contributed by atoms with E-state index in [0.717, 1.165) is 5.76 Å². The second-order valence-corrected chi connectivity index (χ2v) is 4.56. The molecule has 21 heavy (non-hydrogen) atoms. The van der Waals surface area contributed by atoms with Gasteiger partial charge >= 0.3 is 5.97 Å². The van der Waals surface area contributed by atoms with Crippen molar-refractivity contribution in [1.82, 2.24) is 0 Å². The normalized spacial score (nSPS) is 10.3. The molecule has 1 N–H and O–H groups in total. The number of carboxylic acid groups (broad SMARTS) is 1. The molecule has 110 valence electrons. The molecular formula is C16H17NO4. The van der Waals surface area contributed by atoms with Gasteiger partial charge in [0, 0.05) is 18.7 Å². The molecule has 0 saturated carbocycles. The van der Waals surface area contributed by atoms with Gasteiger partial charge in [-0.05, 0) is 24.3 Å². The van der Waals surface area contributed by atoms with Crippen LogP contribution in [0.25, 0.3) is 0 Å². The number of benzene rings is 1. The number of nitrogens with zero attached hydrogens (tertiary/aromatic N) is 1. The molecule has 0 aliphatic carbocycles. The number of carbonyl (C=O) groups is 2. The predicted octanol–water partition coefficient (Wildman–Crippen LogP) is 2.96. The molecule has 0 unspecified atom stereocenters. The van der Waals surface area contributed by atoms with Gasteiger partial charge in [0.2, 0.25) is 0 Å². The molecule has 1 aromatic carbocycles. The molecule has 0 aliphatic heterocycles. The maximum atomic E-state index is 12.5. The summed E-state index contributed by atoms with van der Waals surface area (Å²) in [7, 11) is 0.